The highest BCUT2D eigenvalue weighted by atomic mass is 32.2. The average molecular weight is 420 g/mol. The van der Waals surface area contributed by atoms with Crippen LogP contribution in [0.5, 0.6) is 0 Å². The number of hydrogen-bond donors (Lipinski definition) is 1. The molecule has 0 spiro atoms. The summed E-state index contributed by atoms with van der Waals surface area (Å²) in [6, 6.07) is 17.2. The molecule has 0 radical (unpaired) electrons. The van der Waals surface area contributed by atoms with Gasteiger partial charge < -0.3 is 9.73 Å². The number of anilines is 1. The van der Waals surface area contributed by atoms with Gasteiger partial charge in [0.1, 0.15) is 11.5 Å². The van der Waals surface area contributed by atoms with Crippen molar-refractivity contribution in [3.63, 3.8) is 0 Å². The van der Waals surface area contributed by atoms with Crippen molar-refractivity contribution in [3.8, 4) is 11.3 Å². The molecule has 0 fully saturated rings. The van der Waals surface area contributed by atoms with Crippen LogP contribution < -0.4 is 10.7 Å². The third kappa shape index (κ3) is 3.72. The largest absolute Gasteiger partial charge is 0.454 e. The van der Waals surface area contributed by atoms with Gasteiger partial charge in [0.25, 0.3) is 5.91 Å². The first-order valence-electron chi connectivity index (χ1n) is 8.93. The highest BCUT2D eigenvalue weighted by Crippen LogP contribution is 2.31. The average Bonchev–Trinajstić information content (AvgIpc) is 2.74. The van der Waals surface area contributed by atoms with E-state index in [1.165, 1.54) is 18.3 Å². The molecule has 0 atom stereocenters. The van der Waals surface area contributed by atoms with Crippen LogP contribution in [-0.4, -0.2) is 25.6 Å². The summed E-state index contributed by atoms with van der Waals surface area (Å²) < 4.78 is 30.3. The Morgan fingerprint density at radius 3 is 2.50 bits per heavy atom. The second kappa shape index (κ2) is 7.57. The Kier molecular flexibility index (Phi) is 4.93. The number of amides is 1. The SMILES string of the molecule is CS(=O)(=O)c1ccccc1-c1cc(=O)c2cccc(NC(=O)c3ccccn3)c2o1. The number of pyridine rings is 1. The van der Waals surface area contributed by atoms with E-state index in [2.05, 4.69) is 10.3 Å². The second-order valence-electron chi connectivity index (χ2n) is 6.59. The standard InChI is InChI=1S/C22H16N2O5S/c1-30(27,28)20-11-3-2-7-15(20)19-13-18(25)14-8-6-10-16(21(14)29-19)24-22(26)17-9-4-5-12-23-17/h2-13H,1H3,(H,24,26). The first-order chi connectivity index (χ1) is 14.3. The molecule has 2 heterocycles. The van der Waals surface area contributed by atoms with Gasteiger partial charge in [-0.05, 0) is 36.4 Å². The van der Waals surface area contributed by atoms with Crippen LogP contribution in [0.4, 0.5) is 5.69 Å². The minimum absolute atomic E-state index is 0.0440. The molecule has 7 nitrogen and oxygen atoms in total. The Hall–Kier alpha value is -3.78. The fourth-order valence-corrected chi connectivity index (χ4v) is 3.98. The van der Waals surface area contributed by atoms with Gasteiger partial charge in [0.05, 0.1) is 16.0 Å². The highest BCUT2D eigenvalue weighted by Gasteiger charge is 2.18. The summed E-state index contributed by atoms with van der Waals surface area (Å²) in [7, 11) is -3.55. The van der Waals surface area contributed by atoms with Gasteiger partial charge in [-0.2, -0.15) is 0 Å². The summed E-state index contributed by atoms with van der Waals surface area (Å²) in [4.78, 5) is 29.3. The Morgan fingerprint density at radius 1 is 1.00 bits per heavy atom. The maximum absolute atomic E-state index is 12.7. The minimum Gasteiger partial charge on any atom is -0.454 e. The Bertz CT molecular complexity index is 1430. The summed E-state index contributed by atoms with van der Waals surface area (Å²) in [5.41, 5.74) is 0.537. The first kappa shape index (κ1) is 19.5. The van der Waals surface area contributed by atoms with E-state index in [-0.39, 0.29) is 44.0 Å². The quantitative estimate of drug-likeness (QED) is 0.541. The van der Waals surface area contributed by atoms with Crippen LogP contribution in [0.2, 0.25) is 0 Å². The van der Waals surface area contributed by atoms with Gasteiger partial charge >= 0.3 is 0 Å². The normalized spacial score (nSPS) is 11.4. The number of sulfone groups is 1. The van der Waals surface area contributed by atoms with E-state index in [4.69, 9.17) is 4.42 Å². The van der Waals surface area contributed by atoms with Crippen LogP contribution in [0.15, 0.2) is 87.0 Å². The summed E-state index contributed by atoms with van der Waals surface area (Å²) >= 11 is 0. The van der Waals surface area contributed by atoms with Crippen molar-refractivity contribution >= 4 is 32.4 Å². The van der Waals surface area contributed by atoms with Crippen molar-refractivity contribution in [1.29, 1.82) is 0 Å². The molecule has 2 aromatic carbocycles. The van der Waals surface area contributed by atoms with Crippen LogP contribution >= 0.6 is 0 Å². The van der Waals surface area contributed by atoms with E-state index < -0.39 is 15.7 Å². The number of benzene rings is 2. The topological polar surface area (TPSA) is 106 Å². The molecule has 8 heteroatoms. The molecule has 30 heavy (non-hydrogen) atoms. The van der Waals surface area contributed by atoms with E-state index in [9.17, 15) is 18.0 Å². The molecule has 0 saturated carbocycles. The van der Waals surface area contributed by atoms with Gasteiger partial charge in [-0.15, -0.1) is 0 Å². The van der Waals surface area contributed by atoms with E-state index in [0.29, 0.717) is 0 Å². The molecule has 1 N–H and O–H groups in total. The van der Waals surface area contributed by atoms with Crippen molar-refractivity contribution < 1.29 is 17.6 Å². The molecule has 4 rings (SSSR count). The first-order valence-corrected chi connectivity index (χ1v) is 10.8. The van der Waals surface area contributed by atoms with Crippen molar-refractivity contribution in [2.75, 3.05) is 11.6 Å². The molecule has 0 bridgehead atoms. The van der Waals surface area contributed by atoms with Gasteiger partial charge in [0.15, 0.2) is 20.8 Å². The van der Waals surface area contributed by atoms with Gasteiger partial charge in [0, 0.05) is 24.1 Å². The van der Waals surface area contributed by atoms with E-state index in [1.807, 2.05) is 0 Å². The van der Waals surface area contributed by atoms with Crippen molar-refractivity contribution in [2.24, 2.45) is 0 Å². The van der Waals surface area contributed by atoms with E-state index >= 15 is 0 Å². The fourth-order valence-electron chi connectivity index (χ4n) is 3.09. The number of nitrogens with zero attached hydrogens (tertiary/aromatic N) is 1. The zero-order chi connectivity index (χ0) is 21.3. The Balaban J connectivity index is 1.88. The fraction of sp³-hybridized carbons (Fsp3) is 0.0455. The lowest BCUT2D eigenvalue weighted by Gasteiger charge is -2.11. The number of carbonyl (C=O) groups is 1. The highest BCUT2D eigenvalue weighted by molar-refractivity contribution is 7.90. The molecule has 0 saturated heterocycles. The Morgan fingerprint density at radius 2 is 1.77 bits per heavy atom. The predicted octanol–water partition coefficient (Wildman–Crippen LogP) is 3.51. The van der Waals surface area contributed by atoms with Crippen molar-refractivity contribution in [1.82, 2.24) is 4.98 Å². The maximum Gasteiger partial charge on any atom is 0.274 e. The number of nitrogens with one attached hydrogen (secondary N) is 1. The summed E-state index contributed by atoms with van der Waals surface area (Å²) in [6.07, 6.45) is 2.59. The molecular weight excluding hydrogens is 404 g/mol. The van der Waals surface area contributed by atoms with Crippen LogP contribution in [0.3, 0.4) is 0 Å². The number of aromatic nitrogens is 1. The van der Waals surface area contributed by atoms with Crippen LogP contribution in [0.1, 0.15) is 10.5 Å². The molecule has 4 aromatic rings. The lowest BCUT2D eigenvalue weighted by atomic mass is 10.1. The monoisotopic (exact) mass is 420 g/mol. The maximum atomic E-state index is 12.7. The molecule has 0 aliphatic carbocycles. The zero-order valence-corrected chi connectivity index (χ0v) is 16.6. The van der Waals surface area contributed by atoms with Gasteiger partial charge in [-0.3, -0.25) is 14.6 Å². The summed E-state index contributed by atoms with van der Waals surface area (Å²) in [5.74, 6) is -0.374. The summed E-state index contributed by atoms with van der Waals surface area (Å²) in [6.45, 7) is 0. The Labute approximate surface area is 171 Å². The molecule has 150 valence electrons. The van der Waals surface area contributed by atoms with Crippen LogP contribution in [0, 0.1) is 0 Å². The number of hydrogen-bond acceptors (Lipinski definition) is 6. The smallest absolute Gasteiger partial charge is 0.274 e. The lowest BCUT2D eigenvalue weighted by molar-refractivity contribution is 0.102. The van der Waals surface area contributed by atoms with Gasteiger partial charge in [-0.1, -0.05) is 24.3 Å². The molecule has 0 aliphatic heterocycles. The number of carbonyl (C=O) groups excluding carboxylic acids is 1. The molecule has 0 aliphatic rings. The molecular formula is C22H16N2O5S. The van der Waals surface area contributed by atoms with Crippen LogP contribution in [0.25, 0.3) is 22.3 Å². The molecule has 2 aromatic heterocycles. The third-order valence-corrected chi connectivity index (χ3v) is 5.61. The zero-order valence-electron chi connectivity index (χ0n) is 15.8. The van der Waals surface area contributed by atoms with E-state index in [1.54, 1.807) is 54.6 Å². The second-order valence-corrected chi connectivity index (χ2v) is 8.58. The number of fused-ring (bicyclic) bond motifs is 1. The number of rotatable bonds is 4. The minimum atomic E-state index is -3.55. The van der Waals surface area contributed by atoms with Crippen molar-refractivity contribution in [2.45, 2.75) is 4.90 Å². The van der Waals surface area contributed by atoms with Crippen LogP contribution in [-0.2, 0) is 9.84 Å². The lowest BCUT2D eigenvalue weighted by Crippen LogP contribution is -2.14. The third-order valence-electron chi connectivity index (χ3n) is 4.45. The van der Waals surface area contributed by atoms with Gasteiger partial charge in [-0.25, -0.2) is 8.42 Å². The summed E-state index contributed by atoms with van der Waals surface area (Å²) in [5, 5.41) is 2.96. The predicted molar refractivity (Wildman–Crippen MR) is 113 cm³/mol. The number of para-hydroxylation sites is 1. The van der Waals surface area contributed by atoms with Gasteiger partial charge in [0.2, 0.25) is 0 Å². The molecule has 1 amide bonds. The van der Waals surface area contributed by atoms with E-state index in [0.717, 1.165) is 6.26 Å². The molecule has 0 unspecified atom stereocenters. The van der Waals surface area contributed by atoms with Crippen molar-refractivity contribution in [3.05, 3.63) is 88.8 Å².